The second kappa shape index (κ2) is 7.44. The van der Waals surface area contributed by atoms with Crippen LogP contribution in [0.5, 0.6) is 5.75 Å². The maximum Gasteiger partial charge on any atom is 0.118 e. The Balaban J connectivity index is 1.85. The zero-order valence-corrected chi connectivity index (χ0v) is 13.6. The van der Waals surface area contributed by atoms with Gasteiger partial charge >= 0.3 is 0 Å². The standard InChI is InChI=1S/C17H20BrNO/c1-13-4-3-11-19-17(13)12-15(18)8-5-14-6-9-16(20-2)10-7-14/h3-4,6-7,9-11,15H,5,8,12H2,1-2H3. The number of aryl methyl sites for hydroxylation is 2. The molecule has 1 atom stereocenters. The predicted octanol–water partition coefficient (Wildman–Crippen LogP) is 4.34. The number of halogens is 1. The third-order valence-electron chi connectivity index (χ3n) is 3.44. The lowest BCUT2D eigenvalue weighted by atomic mass is 10.0. The van der Waals surface area contributed by atoms with E-state index < -0.39 is 0 Å². The lowest BCUT2D eigenvalue weighted by molar-refractivity contribution is 0.414. The third kappa shape index (κ3) is 4.34. The van der Waals surface area contributed by atoms with Gasteiger partial charge in [-0.25, -0.2) is 0 Å². The minimum atomic E-state index is 0.457. The summed E-state index contributed by atoms with van der Waals surface area (Å²) < 4.78 is 5.17. The minimum Gasteiger partial charge on any atom is -0.497 e. The van der Waals surface area contributed by atoms with Gasteiger partial charge in [-0.15, -0.1) is 0 Å². The van der Waals surface area contributed by atoms with Crippen LogP contribution in [-0.4, -0.2) is 16.9 Å². The molecule has 2 nitrogen and oxygen atoms in total. The second-order valence-electron chi connectivity index (χ2n) is 4.96. The molecule has 0 spiro atoms. The van der Waals surface area contributed by atoms with E-state index in [1.165, 1.54) is 16.8 Å². The molecule has 1 unspecified atom stereocenters. The maximum atomic E-state index is 5.17. The Morgan fingerprint density at radius 2 is 1.95 bits per heavy atom. The number of rotatable bonds is 6. The highest BCUT2D eigenvalue weighted by Crippen LogP contribution is 2.18. The summed E-state index contributed by atoms with van der Waals surface area (Å²) in [4.78, 5) is 4.91. The van der Waals surface area contributed by atoms with E-state index in [-0.39, 0.29) is 0 Å². The number of alkyl halides is 1. The van der Waals surface area contributed by atoms with Crippen LogP contribution in [0.4, 0.5) is 0 Å². The van der Waals surface area contributed by atoms with Crippen LogP contribution in [-0.2, 0) is 12.8 Å². The molecule has 0 fully saturated rings. The summed E-state index contributed by atoms with van der Waals surface area (Å²) in [5.74, 6) is 0.910. The fourth-order valence-corrected chi connectivity index (χ4v) is 2.69. The average Bonchev–Trinajstić information content (AvgIpc) is 2.48. The quantitative estimate of drug-likeness (QED) is 0.733. The van der Waals surface area contributed by atoms with Gasteiger partial charge in [-0.3, -0.25) is 4.98 Å². The zero-order valence-electron chi connectivity index (χ0n) is 12.0. The first-order valence-corrected chi connectivity index (χ1v) is 7.78. The fourth-order valence-electron chi connectivity index (χ4n) is 2.16. The molecule has 0 N–H and O–H groups in total. The van der Waals surface area contributed by atoms with Crippen molar-refractivity contribution < 1.29 is 4.74 Å². The Morgan fingerprint density at radius 1 is 1.20 bits per heavy atom. The lowest BCUT2D eigenvalue weighted by Crippen LogP contribution is -2.07. The van der Waals surface area contributed by atoms with Crippen molar-refractivity contribution in [2.75, 3.05) is 7.11 Å². The molecular weight excluding hydrogens is 314 g/mol. The normalized spacial score (nSPS) is 12.2. The van der Waals surface area contributed by atoms with E-state index >= 15 is 0 Å². The molecule has 0 aliphatic carbocycles. The number of aromatic nitrogens is 1. The van der Waals surface area contributed by atoms with E-state index in [1.807, 2.05) is 24.4 Å². The number of methoxy groups -OCH3 is 1. The molecule has 0 amide bonds. The fraction of sp³-hybridized carbons (Fsp3) is 0.353. The summed E-state index contributed by atoms with van der Waals surface area (Å²) in [5, 5.41) is 0. The summed E-state index contributed by atoms with van der Waals surface area (Å²) in [6.07, 6.45) is 5.00. The van der Waals surface area contributed by atoms with Gasteiger partial charge in [0.05, 0.1) is 7.11 Å². The van der Waals surface area contributed by atoms with Crippen molar-refractivity contribution in [2.45, 2.75) is 31.0 Å². The van der Waals surface area contributed by atoms with E-state index in [9.17, 15) is 0 Å². The Hall–Kier alpha value is -1.35. The van der Waals surface area contributed by atoms with Crippen LogP contribution in [0.2, 0.25) is 0 Å². The summed E-state index contributed by atoms with van der Waals surface area (Å²) >= 11 is 3.77. The van der Waals surface area contributed by atoms with Gasteiger partial charge in [0, 0.05) is 23.1 Å². The van der Waals surface area contributed by atoms with Crippen molar-refractivity contribution in [1.29, 1.82) is 0 Å². The maximum absolute atomic E-state index is 5.17. The Kier molecular flexibility index (Phi) is 5.60. The molecule has 0 saturated heterocycles. The van der Waals surface area contributed by atoms with Crippen LogP contribution in [0, 0.1) is 6.92 Å². The SMILES string of the molecule is COc1ccc(CCC(Br)Cc2ncccc2C)cc1. The summed E-state index contributed by atoms with van der Waals surface area (Å²) in [6, 6.07) is 12.4. The van der Waals surface area contributed by atoms with Crippen molar-refractivity contribution in [1.82, 2.24) is 4.98 Å². The van der Waals surface area contributed by atoms with Crippen molar-refractivity contribution in [3.63, 3.8) is 0 Å². The first-order chi connectivity index (χ1) is 9.69. The van der Waals surface area contributed by atoms with E-state index in [0.717, 1.165) is 25.0 Å². The number of pyridine rings is 1. The van der Waals surface area contributed by atoms with E-state index in [4.69, 9.17) is 4.74 Å². The van der Waals surface area contributed by atoms with Gasteiger partial charge in [0.25, 0.3) is 0 Å². The van der Waals surface area contributed by atoms with Crippen molar-refractivity contribution >= 4 is 15.9 Å². The van der Waals surface area contributed by atoms with Gasteiger partial charge in [-0.05, 0) is 49.1 Å². The minimum absolute atomic E-state index is 0.457. The van der Waals surface area contributed by atoms with Gasteiger partial charge < -0.3 is 4.74 Å². The third-order valence-corrected chi connectivity index (χ3v) is 4.22. The second-order valence-corrected chi connectivity index (χ2v) is 6.25. The molecule has 0 saturated carbocycles. The molecule has 1 heterocycles. The number of ether oxygens (including phenoxy) is 1. The topological polar surface area (TPSA) is 22.1 Å². The Morgan fingerprint density at radius 3 is 2.60 bits per heavy atom. The number of hydrogen-bond donors (Lipinski definition) is 0. The van der Waals surface area contributed by atoms with Crippen LogP contribution >= 0.6 is 15.9 Å². The lowest BCUT2D eigenvalue weighted by Gasteiger charge is -2.11. The first kappa shape index (κ1) is 15.0. The van der Waals surface area contributed by atoms with Crippen LogP contribution < -0.4 is 4.74 Å². The molecule has 0 aliphatic rings. The van der Waals surface area contributed by atoms with Crippen LogP contribution in [0.1, 0.15) is 23.2 Å². The molecule has 3 heteroatoms. The summed E-state index contributed by atoms with van der Waals surface area (Å²) in [6.45, 7) is 2.12. The van der Waals surface area contributed by atoms with Crippen LogP contribution in [0.3, 0.4) is 0 Å². The highest BCUT2D eigenvalue weighted by Gasteiger charge is 2.09. The molecule has 1 aromatic heterocycles. The first-order valence-electron chi connectivity index (χ1n) is 6.86. The molecule has 0 radical (unpaired) electrons. The van der Waals surface area contributed by atoms with Gasteiger partial charge in [0.2, 0.25) is 0 Å². The predicted molar refractivity (Wildman–Crippen MR) is 86.7 cm³/mol. The van der Waals surface area contributed by atoms with Crippen molar-refractivity contribution in [3.8, 4) is 5.75 Å². The molecule has 106 valence electrons. The van der Waals surface area contributed by atoms with Crippen LogP contribution in [0.25, 0.3) is 0 Å². The van der Waals surface area contributed by atoms with Crippen molar-refractivity contribution in [2.24, 2.45) is 0 Å². The highest BCUT2D eigenvalue weighted by atomic mass is 79.9. The molecule has 2 aromatic rings. The van der Waals surface area contributed by atoms with Gasteiger partial charge in [-0.2, -0.15) is 0 Å². The summed E-state index contributed by atoms with van der Waals surface area (Å²) in [5.41, 5.74) is 3.79. The molecule has 1 aromatic carbocycles. The smallest absolute Gasteiger partial charge is 0.118 e. The van der Waals surface area contributed by atoms with Gasteiger partial charge in [0.1, 0.15) is 5.75 Å². The highest BCUT2D eigenvalue weighted by molar-refractivity contribution is 9.09. The van der Waals surface area contributed by atoms with Crippen LogP contribution in [0.15, 0.2) is 42.6 Å². The number of hydrogen-bond acceptors (Lipinski definition) is 2. The van der Waals surface area contributed by atoms with E-state index in [0.29, 0.717) is 4.83 Å². The molecular formula is C17H20BrNO. The molecule has 20 heavy (non-hydrogen) atoms. The van der Waals surface area contributed by atoms with E-state index in [1.54, 1.807) is 7.11 Å². The monoisotopic (exact) mass is 333 g/mol. The van der Waals surface area contributed by atoms with E-state index in [2.05, 4.69) is 46.0 Å². The Labute approximate surface area is 129 Å². The Bertz CT molecular complexity index is 539. The van der Waals surface area contributed by atoms with Gasteiger partial charge in [-0.1, -0.05) is 34.1 Å². The number of nitrogens with zero attached hydrogens (tertiary/aromatic N) is 1. The largest absolute Gasteiger partial charge is 0.497 e. The molecule has 0 bridgehead atoms. The zero-order chi connectivity index (χ0) is 14.4. The molecule has 2 rings (SSSR count). The van der Waals surface area contributed by atoms with Crippen molar-refractivity contribution in [3.05, 3.63) is 59.4 Å². The number of benzene rings is 1. The molecule has 0 aliphatic heterocycles. The average molecular weight is 334 g/mol. The summed E-state index contributed by atoms with van der Waals surface area (Å²) in [7, 11) is 1.69. The van der Waals surface area contributed by atoms with Gasteiger partial charge in [0.15, 0.2) is 0 Å².